The van der Waals surface area contributed by atoms with E-state index in [1.165, 1.54) is 21.6 Å². The number of fused-ring (bicyclic) bond motifs is 1. The standard InChI is InChI=1S/C28H31ClN4O2S/c1-19-6-8-21(9-7-19)27-24-11-15-36-25(24)10-12-32(27)18-26(34)31-13-14-33(20(2)17-31)28(35)30-23-5-3-4-22(29)16-23/h3-9,11,15-16,20,27H,10,12-14,17-18H2,1-2H3,(H,30,35)/t20-,27+/m0/s1. The Morgan fingerprint density at radius 1 is 1.08 bits per heavy atom. The average Bonchev–Trinajstić information content (AvgIpc) is 3.33. The van der Waals surface area contributed by atoms with Crippen molar-refractivity contribution in [1.82, 2.24) is 14.7 Å². The molecule has 2 atom stereocenters. The monoisotopic (exact) mass is 522 g/mol. The number of carbonyl (C=O) groups excluding carboxylic acids is 2. The molecule has 0 saturated carbocycles. The second kappa shape index (κ2) is 10.6. The number of anilines is 1. The minimum absolute atomic E-state index is 0.0837. The van der Waals surface area contributed by atoms with Gasteiger partial charge < -0.3 is 15.1 Å². The molecule has 2 aliphatic rings. The van der Waals surface area contributed by atoms with E-state index in [2.05, 4.69) is 52.9 Å². The maximum atomic E-state index is 13.5. The van der Waals surface area contributed by atoms with E-state index >= 15 is 0 Å². The number of benzene rings is 2. The van der Waals surface area contributed by atoms with E-state index in [1.54, 1.807) is 17.0 Å². The lowest BCUT2D eigenvalue weighted by atomic mass is 9.92. The van der Waals surface area contributed by atoms with Crippen molar-refractivity contribution in [3.05, 3.63) is 86.6 Å². The van der Waals surface area contributed by atoms with Crippen molar-refractivity contribution in [2.75, 3.05) is 38.0 Å². The minimum atomic E-state index is -0.169. The largest absolute Gasteiger partial charge is 0.338 e. The molecule has 1 fully saturated rings. The molecule has 2 aliphatic heterocycles. The third kappa shape index (κ3) is 5.28. The van der Waals surface area contributed by atoms with Gasteiger partial charge in [-0.15, -0.1) is 11.3 Å². The van der Waals surface area contributed by atoms with Crippen LogP contribution in [0.25, 0.3) is 0 Å². The summed E-state index contributed by atoms with van der Waals surface area (Å²) in [4.78, 5) is 33.7. The highest BCUT2D eigenvalue weighted by molar-refractivity contribution is 7.10. The Hall–Kier alpha value is -2.87. The van der Waals surface area contributed by atoms with E-state index in [0.717, 1.165) is 13.0 Å². The van der Waals surface area contributed by atoms with Gasteiger partial charge in [-0.2, -0.15) is 0 Å². The Morgan fingerprint density at radius 3 is 2.64 bits per heavy atom. The lowest BCUT2D eigenvalue weighted by Gasteiger charge is -2.41. The molecule has 0 radical (unpaired) electrons. The Bertz CT molecular complexity index is 1240. The van der Waals surface area contributed by atoms with Crippen LogP contribution >= 0.6 is 22.9 Å². The second-order valence-corrected chi connectivity index (χ2v) is 11.1. The number of halogens is 1. The molecule has 0 bridgehead atoms. The van der Waals surface area contributed by atoms with Crippen molar-refractivity contribution in [2.45, 2.75) is 32.4 Å². The number of amides is 3. The van der Waals surface area contributed by atoms with E-state index in [0.29, 0.717) is 36.9 Å². The van der Waals surface area contributed by atoms with Crippen molar-refractivity contribution >= 4 is 40.6 Å². The SMILES string of the molecule is Cc1ccc([C@@H]2c3ccsc3CCN2CC(=O)N2CCN(C(=O)Nc3cccc(Cl)c3)[C@@H](C)C2)cc1. The minimum Gasteiger partial charge on any atom is -0.338 e. The number of hydrogen-bond acceptors (Lipinski definition) is 4. The third-order valence-electron chi connectivity index (χ3n) is 7.11. The normalized spacial score (nSPS) is 20.2. The van der Waals surface area contributed by atoms with Crippen LogP contribution < -0.4 is 5.32 Å². The quantitative estimate of drug-likeness (QED) is 0.497. The summed E-state index contributed by atoms with van der Waals surface area (Å²) in [6.45, 7) is 6.86. The highest BCUT2D eigenvalue weighted by Crippen LogP contribution is 2.37. The molecule has 1 saturated heterocycles. The molecular weight excluding hydrogens is 492 g/mol. The van der Waals surface area contributed by atoms with E-state index in [1.807, 2.05) is 35.3 Å². The zero-order valence-electron chi connectivity index (χ0n) is 20.6. The van der Waals surface area contributed by atoms with Gasteiger partial charge in [0.05, 0.1) is 12.6 Å². The average molecular weight is 523 g/mol. The summed E-state index contributed by atoms with van der Waals surface area (Å²) in [5, 5.41) is 5.65. The first-order valence-corrected chi connectivity index (χ1v) is 13.6. The molecule has 0 aliphatic carbocycles. The molecule has 0 unspecified atom stereocenters. The molecule has 3 heterocycles. The van der Waals surface area contributed by atoms with Crippen LogP contribution in [0.4, 0.5) is 10.5 Å². The first-order chi connectivity index (χ1) is 17.4. The van der Waals surface area contributed by atoms with Crippen LogP contribution in [0.1, 0.15) is 34.5 Å². The summed E-state index contributed by atoms with van der Waals surface area (Å²) in [5.74, 6) is 0.118. The summed E-state index contributed by atoms with van der Waals surface area (Å²) in [7, 11) is 0. The van der Waals surface area contributed by atoms with Crippen LogP contribution in [0.15, 0.2) is 60.0 Å². The van der Waals surface area contributed by atoms with Gasteiger partial charge in [-0.25, -0.2) is 4.79 Å². The number of thiophene rings is 1. The Labute approximate surface area is 221 Å². The number of rotatable bonds is 4. The van der Waals surface area contributed by atoms with Crippen LogP contribution in [0.2, 0.25) is 5.02 Å². The first-order valence-electron chi connectivity index (χ1n) is 12.4. The predicted molar refractivity (Wildman–Crippen MR) is 146 cm³/mol. The van der Waals surface area contributed by atoms with Gasteiger partial charge in [0, 0.05) is 47.8 Å². The van der Waals surface area contributed by atoms with Crippen LogP contribution in [-0.2, 0) is 11.2 Å². The molecular formula is C28H31ClN4O2S. The van der Waals surface area contributed by atoms with Gasteiger partial charge in [0.15, 0.2) is 0 Å². The Morgan fingerprint density at radius 2 is 1.89 bits per heavy atom. The predicted octanol–water partition coefficient (Wildman–Crippen LogP) is 5.42. The molecule has 36 heavy (non-hydrogen) atoms. The lowest BCUT2D eigenvalue weighted by Crippen LogP contribution is -2.58. The maximum Gasteiger partial charge on any atom is 0.322 e. The summed E-state index contributed by atoms with van der Waals surface area (Å²) < 4.78 is 0. The number of hydrogen-bond donors (Lipinski definition) is 1. The fourth-order valence-corrected chi connectivity index (χ4v) is 6.29. The van der Waals surface area contributed by atoms with E-state index in [-0.39, 0.29) is 24.0 Å². The van der Waals surface area contributed by atoms with Crippen molar-refractivity contribution in [3.63, 3.8) is 0 Å². The summed E-state index contributed by atoms with van der Waals surface area (Å²) in [6.07, 6.45) is 0.969. The number of piperazine rings is 1. The lowest BCUT2D eigenvalue weighted by molar-refractivity contribution is -0.135. The zero-order valence-corrected chi connectivity index (χ0v) is 22.2. The molecule has 1 aromatic heterocycles. The van der Waals surface area contributed by atoms with Crippen LogP contribution in [0, 0.1) is 6.92 Å². The van der Waals surface area contributed by atoms with Gasteiger partial charge in [0.25, 0.3) is 0 Å². The number of carbonyl (C=O) groups is 2. The van der Waals surface area contributed by atoms with E-state index in [9.17, 15) is 9.59 Å². The molecule has 0 spiro atoms. The first kappa shape index (κ1) is 24.8. The number of nitrogens with zero attached hydrogens (tertiary/aromatic N) is 3. The van der Waals surface area contributed by atoms with Crippen molar-refractivity contribution in [1.29, 1.82) is 0 Å². The molecule has 5 rings (SSSR count). The van der Waals surface area contributed by atoms with Gasteiger partial charge in [0.2, 0.25) is 5.91 Å². The van der Waals surface area contributed by atoms with E-state index < -0.39 is 0 Å². The summed E-state index contributed by atoms with van der Waals surface area (Å²) in [6, 6.07) is 17.8. The Kier molecular flexibility index (Phi) is 7.32. The fourth-order valence-electron chi connectivity index (χ4n) is 5.20. The van der Waals surface area contributed by atoms with Gasteiger partial charge in [-0.05, 0) is 61.0 Å². The van der Waals surface area contributed by atoms with Crippen molar-refractivity contribution < 1.29 is 9.59 Å². The molecule has 3 amide bonds. The summed E-state index contributed by atoms with van der Waals surface area (Å²) in [5.41, 5.74) is 4.44. The van der Waals surface area contributed by atoms with E-state index in [4.69, 9.17) is 11.6 Å². The topological polar surface area (TPSA) is 55.9 Å². The molecule has 8 heteroatoms. The molecule has 6 nitrogen and oxygen atoms in total. The molecule has 3 aromatic rings. The summed E-state index contributed by atoms with van der Waals surface area (Å²) >= 11 is 7.85. The zero-order chi connectivity index (χ0) is 25.2. The number of aryl methyl sites for hydroxylation is 1. The van der Waals surface area contributed by atoms with Crippen LogP contribution in [0.3, 0.4) is 0 Å². The van der Waals surface area contributed by atoms with Crippen LogP contribution in [-0.4, -0.2) is 65.4 Å². The van der Waals surface area contributed by atoms with Crippen molar-refractivity contribution in [3.8, 4) is 0 Å². The smallest absolute Gasteiger partial charge is 0.322 e. The van der Waals surface area contributed by atoms with Gasteiger partial charge in [0.1, 0.15) is 0 Å². The third-order valence-corrected chi connectivity index (χ3v) is 8.35. The fraction of sp³-hybridized carbons (Fsp3) is 0.357. The Balaban J connectivity index is 1.24. The number of urea groups is 1. The molecule has 188 valence electrons. The van der Waals surface area contributed by atoms with Crippen LogP contribution in [0.5, 0.6) is 0 Å². The molecule has 1 N–H and O–H groups in total. The van der Waals surface area contributed by atoms with Gasteiger partial charge in [-0.3, -0.25) is 9.69 Å². The highest BCUT2D eigenvalue weighted by Gasteiger charge is 2.34. The van der Waals surface area contributed by atoms with Crippen molar-refractivity contribution in [2.24, 2.45) is 0 Å². The van der Waals surface area contributed by atoms with Gasteiger partial charge in [-0.1, -0.05) is 47.5 Å². The second-order valence-electron chi connectivity index (χ2n) is 9.66. The molecule has 2 aromatic carbocycles. The highest BCUT2D eigenvalue weighted by atomic mass is 35.5. The number of nitrogens with one attached hydrogen (secondary N) is 1. The van der Waals surface area contributed by atoms with Gasteiger partial charge >= 0.3 is 6.03 Å². The maximum absolute atomic E-state index is 13.5.